The number of nitrogens with one attached hydrogen (secondary N) is 1. The van der Waals surface area contributed by atoms with Crippen molar-refractivity contribution in [1.29, 1.82) is 0 Å². The lowest BCUT2D eigenvalue weighted by Gasteiger charge is -2.14. The molecule has 2 heteroatoms. The SMILES string of the molecule is CC.CC.CCC(CNC)c1ccc(OC)cc1. The highest BCUT2D eigenvalue weighted by Gasteiger charge is 2.07. The van der Waals surface area contributed by atoms with Crippen molar-refractivity contribution in [2.24, 2.45) is 0 Å². The van der Waals surface area contributed by atoms with Crippen molar-refractivity contribution in [3.63, 3.8) is 0 Å². The van der Waals surface area contributed by atoms with E-state index in [1.807, 2.05) is 46.9 Å². The smallest absolute Gasteiger partial charge is 0.118 e. The molecule has 0 aliphatic heterocycles. The molecule has 1 aromatic carbocycles. The van der Waals surface area contributed by atoms with E-state index in [2.05, 4.69) is 24.4 Å². The van der Waals surface area contributed by atoms with Crippen LogP contribution in [-0.2, 0) is 0 Å². The predicted molar refractivity (Wildman–Crippen MR) is 82.6 cm³/mol. The van der Waals surface area contributed by atoms with Gasteiger partial charge < -0.3 is 10.1 Å². The summed E-state index contributed by atoms with van der Waals surface area (Å²) in [6.07, 6.45) is 1.16. The summed E-state index contributed by atoms with van der Waals surface area (Å²) in [5.74, 6) is 1.53. The fourth-order valence-electron chi connectivity index (χ4n) is 1.62. The Balaban J connectivity index is 0. The van der Waals surface area contributed by atoms with Crippen LogP contribution < -0.4 is 10.1 Å². The molecule has 1 unspecified atom stereocenters. The van der Waals surface area contributed by atoms with Crippen molar-refractivity contribution < 1.29 is 4.74 Å². The average Bonchev–Trinajstić information content (AvgIpc) is 2.49. The molecule has 106 valence electrons. The van der Waals surface area contributed by atoms with Crippen molar-refractivity contribution in [2.75, 3.05) is 20.7 Å². The average molecular weight is 253 g/mol. The quantitative estimate of drug-likeness (QED) is 0.836. The summed E-state index contributed by atoms with van der Waals surface area (Å²) in [6.45, 7) is 11.2. The van der Waals surface area contributed by atoms with Gasteiger partial charge in [-0.25, -0.2) is 0 Å². The maximum Gasteiger partial charge on any atom is 0.118 e. The minimum Gasteiger partial charge on any atom is -0.497 e. The molecule has 0 radical (unpaired) electrons. The molecule has 0 saturated carbocycles. The van der Waals surface area contributed by atoms with Crippen LogP contribution >= 0.6 is 0 Å². The highest BCUT2D eigenvalue weighted by Crippen LogP contribution is 2.21. The van der Waals surface area contributed by atoms with Crippen LogP contribution in [0.3, 0.4) is 0 Å². The second-order valence-electron chi connectivity index (χ2n) is 3.44. The fraction of sp³-hybridized carbons (Fsp3) is 0.625. The number of rotatable bonds is 5. The molecular formula is C16H31NO. The molecule has 1 N–H and O–H groups in total. The molecule has 0 aliphatic carbocycles. The van der Waals surface area contributed by atoms with Gasteiger partial charge in [0, 0.05) is 6.54 Å². The highest BCUT2D eigenvalue weighted by atomic mass is 16.5. The third-order valence-electron chi connectivity index (χ3n) is 2.53. The maximum atomic E-state index is 5.13. The molecule has 1 aromatic rings. The number of benzene rings is 1. The molecule has 0 aromatic heterocycles. The summed E-state index contributed by atoms with van der Waals surface area (Å²) < 4.78 is 5.13. The van der Waals surface area contributed by atoms with Gasteiger partial charge in [-0.05, 0) is 37.1 Å². The van der Waals surface area contributed by atoms with Crippen LogP contribution in [-0.4, -0.2) is 20.7 Å². The zero-order valence-corrected chi connectivity index (χ0v) is 13.2. The molecular weight excluding hydrogens is 222 g/mol. The maximum absolute atomic E-state index is 5.13. The number of likely N-dealkylation sites (N-methyl/N-ethyl adjacent to an activating group) is 1. The molecule has 0 amide bonds. The van der Waals surface area contributed by atoms with Gasteiger partial charge in [-0.2, -0.15) is 0 Å². The van der Waals surface area contributed by atoms with Crippen molar-refractivity contribution >= 4 is 0 Å². The van der Waals surface area contributed by atoms with Crippen molar-refractivity contribution in [2.45, 2.75) is 47.0 Å². The molecule has 0 spiro atoms. The Morgan fingerprint density at radius 1 is 1.06 bits per heavy atom. The van der Waals surface area contributed by atoms with Gasteiger partial charge in [0.2, 0.25) is 0 Å². The van der Waals surface area contributed by atoms with Crippen LogP contribution in [0.5, 0.6) is 5.75 Å². The molecule has 18 heavy (non-hydrogen) atoms. The van der Waals surface area contributed by atoms with E-state index in [9.17, 15) is 0 Å². The van der Waals surface area contributed by atoms with Gasteiger partial charge in [0.25, 0.3) is 0 Å². The summed E-state index contributed by atoms with van der Waals surface area (Å²) in [7, 11) is 3.69. The summed E-state index contributed by atoms with van der Waals surface area (Å²) >= 11 is 0. The standard InChI is InChI=1S/C12H19NO.2C2H6/c1-4-10(9-13-2)11-5-7-12(14-3)8-6-11;2*1-2/h5-8,10,13H,4,9H2,1-3H3;2*1-2H3. The monoisotopic (exact) mass is 253 g/mol. The normalized spacial score (nSPS) is 10.4. The number of ether oxygens (including phenoxy) is 1. The van der Waals surface area contributed by atoms with Gasteiger partial charge in [0.05, 0.1) is 7.11 Å². The molecule has 1 atom stereocenters. The van der Waals surface area contributed by atoms with Gasteiger partial charge >= 0.3 is 0 Å². The van der Waals surface area contributed by atoms with Gasteiger partial charge in [-0.15, -0.1) is 0 Å². The molecule has 0 heterocycles. The van der Waals surface area contributed by atoms with Crippen LogP contribution in [0.4, 0.5) is 0 Å². The van der Waals surface area contributed by atoms with E-state index in [1.165, 1.54) is 5.56 Å². The first-order chi connectivity index (χ1) is 8.81. The summed E-state index contributed by atoms with van der Waals surface area (Å²) in [5.41, 5.74) is 1.38. The van der Waals surface area contributed by atoms with E-state index < -0.39 is 0 Å². The number of hydrogen-bond donors (Lipinski definition) is 1. The number of methoxy groups -OCH3 is 1. The van der Waals surface area contributed by atoms with E-state index in [-0.39, 0.29) is 0 Å². The van der Waals surface area contributed by atoms with E-state index in [1.54, 1.807) is 7.11 Å². The third kappa shape index (κ3) is 7.33. The minimum atomic E-state index is 0.603. The number of hydrogen-bond acceptors (Lipinski definition) is 2. The zero-order chi connectivity index (χ0) is 14.4. The first-order valence-electron chi connectivity index (χ1n) is 7.10. The molecule has 2 nitrogen and oxygen atoms in total. The second kappa shape index (κ2) is 14.0. The van der Waals surface area contributed by atoms with E-state index in [4.69, 9.17) is 4.74 Å². The molecule has 1 rings (SSSR count). The van der Waals surface area contributed by atoms with Crippen LogP contribution in [0, 0.1) is 0 Å². The molecule has 0 aliphatic rings. The Bertz CT molecular complexity index is 256. The molecule has 0 bridgehead atoms. The predicted octanol–water partition coefficient (Wildman–Crippen LogP) is 4.46. The third-order valence-corrected chi connectivity index (χ3v) is 2.53. The van der Waals surface area contributed by atoms with E-state index >= 15 is 0 Å². The van der Waals surface area contributed by atoms with Crippen LogP contribution in [0.15, 0.2) is 24.3 Å². The second-order valence-corrected chi connectivity index (χ2v) is 3.44. The molecule has 0 saturated heterocycles. The highest BCUT2D eigenvalue weighted by molar-refractivity contribution is 5.29. The first-order valence-corrected chi connectivity index (χ1v) is 7.10. The lowest BCUT2D eigenvalue weighted by atomic mass is 9.96. The van der Waals surface area contributed by atoms with Crippen LogP contribution in [0.2, 0.25) is 0 Å². The Hall–Kier alpha value is -1.02. The van der Waals surface area contributed by atoms with Gasteiger partial charge in [-0.3, -0.25) is 0 Å². The van der Waals surface area contributed by atoms with Crippen LogP contribution in [0.25, 0.3) is 0 Å². The van der Waals surface area contributed by atoms with E-state index in [0.717, 1.165) is 18.7 Å². The van der Waals surface area contributed by atoms with Gasteiger partial charge in [-0.1, -0.05) is 46.8 Å². The fourth-order valence-corrected chi connectivity index (χ4v) is 1.62. The Morgan fingerprint density at radius 3 is 1.89 bits per heavy atom. The van der Waals surface area contributed by atoms with E-state index in [0.29, 0.717) is 5.92 Å². The molecule has 0 fully saturated rings. The van der Waals surface area contributed by atoms with Crippen molar-refractivity contribution in [1.82, 2.24) is 5.32 Å². The van der Waals surface area contributed by atoms with Crippen molar-refractivity contribution in [3.8, 4) is 5.75 Å². The Labute approximate surface area is 114 Å². The minimum absolute atomic E-state index is 0.603. The largest absolute Gasteiger partial charge is 0.497 e. The summed E-state index contributed by atoms with van der Waals surface area (Å²) in [6, 6.07) is 8.33. The Morgan fingerprint density at radius 2 is 1.56 bits per heavy atom. The Kier molecular flexibility index (Phi) is 15.1. The lowest BCUT2D eigenvalue weighted by Crippen LogP contribution is -2.16. The summed E-state index contributed by atoms with van der Waals surface area (Å²) in [5, 5.41) is 3.21. The lowest BCUT2D eigenvalue weighted by molar-refractivity contribution is 0.414. The topological polar surface area (TPSA) is 21.3 Å². The van der Waals surface area contributed by atoms with Gasteiger partial charge in [0.15, 0.2) is 0 Å². The van der Waals surface area contributed by atoms with Crippen LogP contribution in [0.1, 0.15) is 52.5 Å². The summed E-state index contributed by atoms with van der Waals surface area (Å²) in [4.78, 5) is 0. The zero-order valence-electron chi connectivity index (χ0n) is 13.2. The first kappa shape index (κ1) is 19.3. The van der Waals surface area contributed by atoms with Gasteiger partial charge in [0.1, 0.15) is 5.75 Å². The van der Waals surface area contributed by atoms with Crippen molar-refractivity contribution in [3.05, 3.63) is 29.8 Å².